The van der Waals surface area contributed by atoms with Crippen LogP contribution in [0.1, 0.15) is 13.3 Å². The summed E-state index contributed by atoms with van der Waals surface area (Å²) in [5.74, 6) is 1.08. The molecule has 4 nitrogen and oxygen atoms in total. The molecule has 1 heterocycles. The summed E-state index contributed by atoms with van der Waals surface area (Å²) in [5.41, 5.74) is 0. The predicted molar refractivity (Wildman–Crippen MR) is 42.4 cm³/mol. The van der Waals surface area contributed by atoms with Gasteiger partial charge in [0.1, 0.15) is 5.94 Å². The van der Waals surface area contributed by atoms with E-state index in [-0.39, 0.29) is 18.5 Å². The third-order valence-corrected chi connectivity index (χ3v) is 1.26. The normalized spacial score (nSPS) is 19.3. The third-order valence-electron chi connectivity index (χ3n) is 1.26. The molecule has 0 bridgehead atoms. The zero-order chi connectivity index (χ0) is 9.40. The molecule has 1 aliphatic rings. The second kappa shape index (κ2) is 6.73. The van der Waals surface area contributed by atoms with Gasteiger partial charge < -0.3 is 9.84 Å². The fraction of sp³-hybridized carbons (Fsp3) is 0.625. The van der Waals surface area contributed by atoms with Gasteiger partial charge in [0.2, 0.25) is 0 Å². The Labute approximate surface area is 70.8 Å². The molecule has 4 heteroatoms. The van der Waals surface area contributed by atoms with Crippen molar-refractivity contribution < 1.29 is 19.4 Å². The highest BCUT2D eigenvalue weighted by molar-refractivity contribution is 5.93. The van der Waals surface area contributed by atoms with E-state index in [0.717, 1.165) is 19.1 Å². The van der Waals surface area contributed by atoms with Crippen molar-refractivity contribution in [2.24, 2.45) is 0 Å². The molecule has 1 N–H and O–H groups in total. The number of ether oxygens (including phenoxy) is 1. The number of aliphatic hydroxyl groups excluding tert-OH is 1. The van der Waals surface area contributed by atoms with Gasteiger partial charge in [-0.3, -0.25) is 4.79 Å². The van der Waals surface area contributed by atoms with Crippen molar-refractivity contribution in [3.8, 4) is 0 Å². The predicted octanol–water partition coefficient (Wildman–Crippen LogP) is -0.269. The molecule has 1 unspecified atom stereocenters. The fourth-order valence-corrected chi connectivity index (χ4v) is 0.511. The van der Waals surface area contributed by atoms with E-state index in [0.29, 0.717) is 0 Å². The van der Waals surface area contributed by atoms with Crippen molar-refractivity contribution in [2.45, 2.75) is 19.4 Å². The molecule has 1 rings (SSSR count). The van der Waals surface area contributed by atoms with E-state index in [1.54, 1.807) is 0 Å². The molecule has 68 valence electrons. The lowest BCUT2D eigenvalue weighted by atomic mass is 10.2. The molecule has 1 fully saturated rings. The van der Waals surface area contributed by atoms with Gasteiger partial charge in [-0.05, 0) is 13.3 Å². The summed E-state index contributed by atoms with van der Waals surface area (Å²) in [6.45, 7) is 2.33. The lowest BCUT2D eigenvalue weighted by Gasteiger charge is -2.23. The van der Waals surface area contributed by atoms with Crippen LogP contribution in [0.25, 0.3) is 0 Å². The Bertz CT molecular complexity index is 175. The van der Waals surface area contributed by atoms with Crippen LogP contribution in [0.2, 0.25) is 0 Å². The van der Waals surface area contributed by atoms with E-state index in [1.165, 1.54) is 12.9 Å². The second-order valence-electron chi connectivity index (χ2n) is 2.34. The van der Waals surface area contributed by atoms with Gasteiger partial charge in [0, 0.05) is 6.61 Å². The Morgan fingerprint density at radius 3 is 2.42 bits per heavy atom. The first-order valence-corrected chi connectivity index (χ1v) is 3.64. The minimum absolute atomic E-state index is 0.171. The molecule has 0 spiro atoms. The number of hydrogen-bond acceptors (Lipinski definition) is 4. The van der Waals surface area contributed by atoms with Gasteiger partial charge in [0.25, 0.3) is 0 Å². The molecule has 12 heavy (non-hydrogen) atoms. The number of ketones is 1. The van der Waals surface area contributed by atoms with Gasteiger partial charge in [-0.1, -0.05) is 0 Å². The Balaban J connectivity index is 0.000000202. The maximum absolute atomic E-state index is 9.73. The van der Waals surface area contributed by atoms with Gasteiger partial charge in [0.15, 0.2) is 5.78 Å². The highest BCUT2D eigenvalue weighted by Gasteiger charge is 2.15. The molecule has 0 aromatic rings. The molecule has 0 aromatic heterocycles. The Morgan fingerprint density at radius 1 is 1.83 bits per heavy atom. The molecule has 0 radical (unpaired) electrons. The first-order valence-electron chi connectivity index (χ1n) is 3.64. The van der Waals surface area contributed by atoms with Crippen LogP contribution in [0, 0.1) is 0 Å². The highest BCUT2D eigenvalue weighted by Crippen LogP contribution is 2.07. The standard InChI is InChI=1S/C4H8O2.C4H4O2/c5-3-4-1-2-6-4;1-4(6)2-3-5/h4-5H,1-3H2;2H,1H3. The van der Waals surface area contributed by atoms with Crippen molar-refractivity contribution in [3.63, 3.8) is 0 Å². The van der Waals surface area contributed by atoms with Crippen LogP contribution >= 0.6 is 0 Å². The largest absolute Gasteiger partial charge is 0.394 e. The summed E-state index contributed by atoms with van der Waals surface area (Å²) in [5, 5.41) is 8.26. The average molecular weight is 172 g/mol. The molecule has 0 amide bonds. The summed E-state index contributed by atoms with van der Waals surface area (Å²) < 4.78 is 4.83. The van der Waals surface area contributed by atoms with Crippen molar-refractivity contribution in [1.82, 2.24) is 0 Å². The average Bonchev–Trinajstić information content (AvgIpc) is 1.85. The molecule has 0 aromatic carbocycles. The fourth-order valence-electron chi connectivity index (χ4n) is 0.511. The molecule has 0 saturated carbocycles. The first kappa shape index (κ1) is 11.0. The first-order chi connectivity index (χ1) is 5.70. The van der Waals surface area contributed by atoms with E-state index in [1.807, 2.05) is 0 Å². The van der Waals surface area contributed by atoms with Crippen molar-refractivity contribution in [2.75, 3.05) is 13.2 Å². The zero-order valence-electron chi connectivity index (χ0n) is 6.95. The van der Waals surface area contributed by atoms with Gasteiger partial charge in [-0.25, -0.2) is 4.79 Å². The summed E-state index contributed by atoms with van der Waals surface area (Å²) in [4.78, 5) is 18.9. The SMILES string of the molecule is CC(=O)C=C=O.OCC1CCO1. The lowest BCUT2D eigenvalue weighted by Crippen LogP contribution is -2.29. The number of rotatable bonds is 2. The number of hydrogen-bond donors (Lipinski definition) is 1. The minimum Gasteiger partial charge on any atom is -0.394 e. The van der Waals surface area contributed by atoms with Crippen LogP contribution in [0.5, 0.6) is 0 Å². The topological polar surface area (TPSA) is 63.6 Å². The molecular formula is C8H12O4. The Kier molecular flexibility index (Phi) is 6.19. The van der Waals surface area contributed by atoms with E-state index in [2.05, 4.69) is 0 Å². The van der Waals surface area contributed by atoms with Crippen LogP contribution in [0.3, 0.4) is 0 Å². The number of carbonyl (C=O) groups excluding carboxylic acids is 2. The summed E-state index contributed by atoms with van der Waals surface area (Å²) in [7, 11) is 0. The Hall–Kier alpha value is -0.960. The number of carbonyl (C=O) groups is 1. The second-order valence-corrected chi connectivity index (χ2v) is 2.34. The lowest BCUT2D eigenvalue weighted by molar-refractivity contribution is -0.112. The maximum Gasteiger partial charge on any atom is 0.163 e. The number of aliphatic hydroxyl groups is 1. The van der Waals surface area contributed by atoms with E-state index in [4.69, 9.17) is 9.84 Å². The van der Waals surface area contributed by atoms with E-state index < -0.39 is 0 Å². The summed E-state index contributed by atoms with van der Waals surface area (Å²) >= 11 is 0. The van der Waals surface area contributed by atoms with Crippen LogP contribution in [0.15, 0.2) is 6.08 Å². The minimum atomic E-state index is -0.259. The van der Waals surface area contributed by atoms with Crippen molar-refractivity contribution in [1.29, 1.82) is 0 Å². The Morgan fingerprint density at radius 2 is 2.42 bits per heavy atom. The van der Waals surface area contributed by atoms with Crippen LogP contribution in [0.4, 0.5) is 0 Å². The molecule has 0 aliphatic carbocycles. The van der Waals surface area contributed by atoms with Crippen LogP contribution in [-0.4, -0.2) is 36.1 Å². The van der Waals surface area contributed by atoms with Gasteiger partial charge >= 0.3 is 0 Å². The van der Waals surface area contributed by atoms with Crippen LogP contribution in [-0.2, 0) is 14.3 Å². The van der Waals surface area contributed by atoms with Crippen LogP contribution < -0.4 is 0 Å². The van der Waals surface area contributed by atoms with E-state index >= 15 is 0 Å². The maximum atomic E-state index is 9.73. The van der Waals surface area contributed by atoms with Crippen molar-refractivity contribution in [3.05, 3.63) is 6.08 Å². The number of allylic oxidation sites excluding steroid dienone is 1. The van der Waals surface area contributed by atoms with Gasteiger partial charge in [-0.15, -0.1) is 0 Å². The quantitative estimate of drug-likeness (QED) is 0.460. The van der Waals surface area contributed by atoms with E-state index in [9.17, 15) is 9.59 Å². The monoisotopic (exact) mass is 172 g/mol. The summed E-state index contributed by atoms with van der Waals surface area (Å²) in [6, 6.07) is 0. The highest BCUT2D eigenvalue weighted by atomic mass is 16.5. The van der Waals surface area contributed by atoms with Crippen molar-refractivity contribution >= 4 is 11.7 Å². The molecule has 1 saturated heterocycles. The zero-order valence-corrected chi connectivity index (χ0v) is 6.95. The third kappa shape index (κ3) is 5.80. The molecule has 1 atom stereocenters. The van der Waals surface area contributed by atoms with Gasteiger partial charge in [0.05, 0.1) is 18.8 Å². The smallest absolute Gasteiger partial charge is 0.163 e. The molecule has 1 aliphatic heterocycles. The van der Waals surface area contributed by atoms with Gasteiger partial charge in [-0.2, -0.15) is 0 Å². The molecular weight excluding hydrogens is 160 g/mol. The summed E-state index contributed by atoms with van der Waals surface area (Å²) in [6.07, 6.45) is 2.06.